The van der Waals surface area contributed by atoms with Crippen molar-refractivity contribution in [1.82, 2.24) is 19.1 Å². The van der Waals surface area contributed by atoms with Gasteiger partial charge in [0.05, 0.1) is 17.2 Å². The lowest BCUT2D eigenvalue weighted by atomic mass is 9.75. The van der Waals surface area contributed by atoms with Gasteiger partial charge in [-0.15, -0.1) is 0 Å². The van der Waals surface area contributed by atoms with E-state index in [4.69, 9.17) is 0 Å². The molecule has 0 unspecified atom stereocenters. The molecule has 8 heteroatoms. The van der Waals surface area contributed by atoms with E-state index in [0.29, 0.717) is 19.6 Å². The van der Waals surface area contributed by atoms with Crippen LogP contribution in [0.25, 0.3) is 0 Å². The number of sulfonamides is 1. The first-order valence-corrected chi connectivity index (χ1v) is 12.8. The van der Waals surface area contributed by atoms with E-state index >= 15 is 0 Å². The first kappa shape index (κ1) is 21.7. The van der Waals surface area contributed by atoms with Crippen molar-refractivity contribution in [3.05, 3.63) is 30.1 Å². The summed E-state index contributed by atoms with van der Waals surface area (Å²) in [4.78, 5) is 21.9. The van der Waals surface area contributed by atoms with Gasteiger partial charge in [0.1, 0.15) is 0 Å². The number of likely N-dealkylation sites (tertiary alicyclic amines) is 2. The maximum Gasteiger partial charge on any atom is 0.227 e. The summed E-state index contributed by atoms with van der Waals surface area (Å²) >= 11 is 0. The molecule has 3 fully saturated rings. The summed E-state index contributed by atoms with van der Waals surface area (Å²) in [5.74, 6) is 0.875. The fourth-order valence-electron chi connectivity index (χ4n) is 5.97. The minimum Gasteiger partial charge on any atom is -0.337 e. The van der Waals surface area contributed by atoms with Crippen molar-refractivity contribution in [2.24, 2.45) is 17.8 Å². The number of piperidine rings is 1. The first-order chi connectivity index (χ1) is 14.3. The Kier molecular flexibility index (Phi) is 5.94. The molecule has 4 heterocycles. The topological polar surface area (TPSA) is 73.8 Å². The standard InChI is InChI=1S/C22H34N4O3S/c1-4-26-21(27)19-14-24(13-18-6-5-9-23-12-18)15-20(19)22(26)7-10-25(11-8-22)30(28,29)16-17(2)3/h5-6,9,12,17,19-20H,4,7-8,10-11,13-16H2,1-3H3/t19-,20+/m0/s1. The molecule has 30 heavy (non-hydrogen) atoms. The van der Waals surface area contributed by atoms with Crippen molar-refractivity contribution < 1.29 is 13.2 Å². The second-order valence-corrected chi connectivity index (χ2v) is 11.5. The number of carbonyl (C=O) groups is 1. The summed E-state index contributed by atoms with van der Waals surface area (Å²) in [5.41, 5.74) is 0.963. The molecule has 0 bridgehead atoms. The van der Waals surface area contributed by atoms with Crippen LogP contribution >= 0.6 is 0 Å². The molecular formula is C22H34N4O3S. The van der Waals surface area contributed by atoms with Gasteiger partial charge in [0.15, 0.2) is 0 Å². The van der Waals surface area contributed by atoms with E-state index in [2.05, 4.69) is 27.8 Å². The zero-order valence-electron chi connectivity index (χ0n) is 18.3. The van der Waals surface area contributed by atoms with Crippen LogP contribution < -0.4 is 0 Å². The highest BCUT2D eigenvalue weighted by Gasteiger charge is 2.61. The second-order valence-electron chi connectivity index (χ2n) is 9.53. The Morgan fingerprint density at radius 3 is 2.57 bits per heavy atom. The summed E-state index contributed by atoms with van der Waals surface area (Å²) < 4.78 is 27.1. The van der Waals surface area contributed by atoms with E-state index in [1.54, 1.807) is 10.5 Å². The molecule has 1 spiro atoms. The third-order valence-corrected chi connectivity index (χ3v) is 9.42. The van der Waals surface area contributed by atoms with Gasteiger partial charge in [-0.1, -0.05) is 19.9 Å². The number of fused-ring (bicyclic) bond motifs is 2. The predicted octanol–water partition coefficient (Wildman–Crippen LogP) is 1.81. The fraction of sp³-hybridized carbons (Fsp3) is 0.727. The molecule has 0 saturated carbocycles. The van der Waals surface area contributed by atoms with Crippen molar-refractivity contribution in [2.45, 2.75) is 45.7 Å². The van der Waals surface area contributed by atoms with Crippen LogP contribution in [0.4, 0.5) is 0 Å². The van der Waals surface area contributed by atoms with Crippen LogP contribution in [-0.2, 0) is 21.4 Å². The Morgan fingerprint density at radius 2 is 1.97 bits per heavy atom. The van der Waals surface area contributed by atoms with Crippen molar-refractivity contribution in [1.29, 1.82) is 0 Å². The van der Waals surface area contributed by atoms with Gasteiger partial charge in [0, 0.05) is 57.6 Å². The zero-order valence-corrected chi connectivity index (χ0v) is 19.1. The van der Waals surface area contributed by atoms with E-state index in [1.165, 1.54) is 5.56 Å². The Hall–Kier alpha value is -1.51. The Labute approximate surface area is 180 Å². The van der Waals surface area contributed by atoms with Gasteiger partial charge in [0.25, 0.3) is 0 Å². The van der Waals surface area contributed by atoms with Crippen LogP contribution in [0, 0.1) is 17.8 Å². The molecule has 0 radical (unpaired) electrons. The minimum atomic E-state index is -3.23. The van der Waals surface area contributed by atoms with Crippen LogP contribution in [0.5, 0.6) is 0 Å². The molecule has 3 aliphatic heterocycles. The third-order valence-electron chi connectivity index (χ3n) is 7.18. The number of aromatic nitrogens is 1. The predicted molar refractivity (Wildman–Crippen MR) is 116 cm³/mol. The van der Waals surface area contributed by atoms with Crippen molar-refractivity contribution in [3.63, 3.8) is 0 Å². The van der Waals surface area contributed by atoms with Gasteiger partial charge >= 0.3 is 0 Å². The average molecular weight is 435 g/mol. The van der Waals surface area contributed by atoms with E-state index < -0.39 is 10.0 Å². The number of pyridine rings is 1. The highest BCUT2D eigenvalue weighted by atomic mass is 32.2. The molecule has 1 amide bonds. The summed E-state index contributed by atoms with van der Waals surface area (Å²) in [6.45, 7) is 10.2. The molecule has 7 nitrogen and oxygen atoms in total. The molecule has 0 aromatic carbocycles. The monoisotopic (exact) mass is 434 g/mol. The van der Waals surface area contributed by atoms with Crippen molar-refractivity contribution >= 4 is 15.9 Å². The summed E-state index contributed by atoms with van der Waals surface area (Å²) in [6, 6.07) is 4.03. The number of nitrogens with zero attached hydrogens (tertiary/aromatic N) is 4. The first-order valence-electron chi connectivity index (χ1n) is 11.2. The van der Waals surface area contributed by atoms with E-state index in [1.807, 2.05) is 26.1 Å². The van der Waals surface area contributed by atoms with E-state index in [-0.39, 0.29) is 35.0 Å². The third kappa shape index (κ3) is 3.78. The highest BCUT2D eigenvalue weighted by molar-refractivity contribution is 7.89. The van der Waals surface area contributed by atoms with Gasteiger partial charge in [-0.05, 0) is 37.3 Å². The smallest absolute Gasteiger partial charge is 0.227 e. The quantitative estimate of drug-likeness (QED) is 0.683. The maximum atomic E-state index is 13.3. The fourth-order valence-corrected chi connectivity index (χ4v) is 7.76. The average Bonchev–Trinajstić information content (AvgIpc) is 3.20. The lowest BCUT2D eigenvalue weighted by molar-refractivity contribution is -0.135. The van der Waals surface area contributed by atoms with Gasteiger partial charge < -0.3 is 4.90 Å². The lowest BCUT2D eigenvalue weighted by Crippen LogP contribution is -2.58. The van der Waals surface area contributed by atoms with E-state index in [0.717, 1.165) is 32.5 Å². The van der Waals surface area contributed by atoms with Crippen LogP contribution in [-0.4, -0.2) is 77.4 Å². The summed E-state index contributed by atoms with van der Waals surface area (Å²) in [5, 5.41) is 0. The highest BCUT2D eigenvalue weighted by Crippen LogP contribution is 2.50. The van der Waals surface area contributed by atoms with Gasteiger partial charge in [0.2, 0.25) is 15.9 Å². The molecule has 1 aromatic rings. The number of carbonyl (C=O) groups excluding carboxylic acids is 1. The molecule has 3 aliphatic rings. The summed E-state index contributed by atoms with van der Waals surface area (Å²) in [7, 11) is -3.23. The van der Waals surface area contributed by atoms with Gasteiger partial charge in [-0.25, -0.2) is 12.7 Å². The van der Waals surface area contributed by atoms with Crippen LogP contribution in [0.3, 0.4) is 0 Å². The largest absolute Gasteiger partial charge is 0.337 e. The maximum absolute atomic E-state index is 13.3. The number of amides is 1. The molecule has 4 rings (SSSR count). The van der Waals surface area contributed by atoms with E-state index in [9.17, 15) is 13.2 Å². The molecule has 166 valence electrons. The zero-order chi connectivity index (χ0) is 21.5. The normalized spacial score (nSPS) is 27.3. The number of hydrogen-bond acceptors (Lipinski definition) is 5. The van der Waals surface area contributed by atoms with Crippen molar-refractivity contribution in [3.8, 4) is 0 Å². The lowest BCUT2D eigenvalue weighted by Gasteiger charge is -2.47. The van der Waals surface area contributed by atoms with Gasteiger partial charge in [-0.2, -0.15) is 0 Å². The van der Waals surface area contributed by atoms with Crippen LogP contribution in [0.2, 0.25) is 0 Å². The van der Waals surface area contributed by atoms with Crippen LogP contribution in [0.1, 0.15) is 39.2 Å². The molecule has 0 N–H and O–H groups in total. The van der Waals surface area contributed by atoms with Crippen LogP contribution in [0.15, 0.2) is 24.5 Å². The minimum absolute atomic E-state index is 0.0282. The Bertz CT molecular complexity index is 866. The van der Waals surface area contributed by atoms with Crippen molar-refractivity contribution in [2.75, 3.05) is 38.5 Å². The molecule has 2 atom stereocenters. The molecule has 1 aromatic heterocycles. The molecule has 0 aliphatic carbocycles. The number of hydrogen-bond donors (Lipinski definition) is 0. The number of rotatable bonds is 6. The Morgan fingerprint density at radius 1 is 1.23 bits per heavy atom. The van der Waals surface area contributed by atoms with Gasteiger partial charge in [-0.3, -0.25) is 14.7 Å². The molecular weight excluding hydrogens is 400 g/mol. The SMILES string of the molecule is CCN1C(=O)[C@H]2CN(Cc3cccnc3)C[C@H]2C12CCN(S(=O)(=O)CC(C)C)CC2. The molecule has 3 saturated heterocycles. The Balaban J connectivity index is 1.50. The second kappa shape index (κ2) is 8.20. The summed E-state index contributed by atoms with van der Waals surface area (Å²) in [6.07, 6.45) is 5.15.